The normalized spacial score (nSPS) is 16.4. The molecule has 8 heteroatoms. The van der Waals surface area contributed by atoms with Gasteiger partial charge in [-0.3, -0.25) is 9.97 Å². The standard InChI is InChI=1S/C19H19BrN4O2S/c20-15-13-17-19(22-14-15)18(7-8-21-17)23-9-4-10-24(12-11-23)27(25,26)16-5-2-1-3-6-16/h1-3,5-8,13-14H,4,9-12H2. The van der Waals surface area contributed by atoms with E-state index >= 15 is 0 Å². The molecule has 0 amide bonds. The summed E-state index contributed by atoms with van der Waals surface area (Å²) in [6.45, 7) is 2.34. The maximum absolute atomic E-state index is 12.9. The summed E-state index contributed by atoms with van der Waals surface area (Å²) < 4.78 is 28.3. The second kappa shape index (κ2) is 7.53. The summed E-state index contributed by atoms with van der Waals surface area (Å²) in [6, 6.07) is 12.5. The first kappa shape index (κ1) is 18.3. The Balaban J connectivity index is 1.60. The first-order chi connectivity index (χ1) is 13.1. The summed E-state index contributed by atoms with van der Waals surface area (Å²) >= 11 is 3.43. The fourth-order valence-electron chi connectivity index (χ4n) is 3.36. The Bertz CT molecular complexity index is 1060. The average Bonchev–Trinajstić information content (AvgIpc) is 2.94. The van der Waals surface area contributed by atoms with Crippen LogP contribution in [-0.2, 0) is 10.0 Å². The van der Waals surface area contributed by atoms with Crippen LogP contribution in [0, 0.1) is 0 Å². The molecule has 1 aliphatic heterocycles. The predicted octanol–water partition coefficient (Wildman–Crippen LogP) is 3.29. The van der Waals surface area contributed by atoms with Crippen LogP contribution in [0.3, 0.4) is 0 Å². The van der Waals surface area contributed by atoms with Crippen molar-refractivity contribution in [2.45, 2.75) is 11.3 Å². The van der Waals surface area contributed by atoms with Gasteiger partial charge in [-0.05, 0) is 46.6 Å². The van der Waals surface area contributed by atoms with Crippen LogP contribution >= 0.6 is 15.9 Å². The molecule has 3 aromatic rings. The average molecular weight is 447 g/mol. The Morgan fingerprint density at radius 1 is 0.963 bits per heavy atom. The number of hydrogen-bond donors (Lipinski definition) is 0. The van der Waals surface area contributed by atoms with E-state index in [-0.39, 0.29) is 0 Å². The molecule has 0 saturated carbocycles. The van der Waals surface area contributed by atoms with E-state index in [2.05, 4.69) is 30.8 Å². The maximum atomic E-state index is 12.9. The van der Waals surface area contributed by atoms with E-state index in [0.717, 1.165) is 34.2 Å². The number of sulfonamides is 1. The second-order valence-corrected chi connectivity index (χ2v) is 9.26. The summed E-state index contributed by atoms with van der Waals surface area (Å²) in [5.41, 5.74) is 2.64. The minimum absolute atomic E-state index is 0.347. The number of halogens is 1. The van der Waals surface area contributed by atoms with E-state index in [0.29, 0.717) is 24.5 Å². The molecule has 3 heterocycles. The Morgan fingerprint density at radius 3 is 2.59 bits per heavy atom. The van der Waals surface area contributed by atoms with E-state index in [1.165, 1.54) is 0 Å². The summed E-state index contributed by atoms with van der Waals surface area (Å²) in [7, 11) is -3.47. The second-order valence-electron chi connectivity index (χ2n) is 6.41. The number of fused-ring (bicyclic) bond motifs is 1. The van der Waals surface area contributed by atoms with Gasteiger partial charge in [0, 0.05) is 43.0 Å². The van der Waals surface area contributed by atoms with Gasteiger partial charge in [0.25, 0.3) is 0 Å². The van der Waals surface area contributed by atoms with Crippen molar-refractivity contribution in [1.82, 2.24) is 14.3 Å². The fourth-order valence-corrected chi connectivity index (χ4v) is 5.17. The number of anilines is 1. The highest BCUT2D eigenvalue weighted by molar-refractivity contribution is 9.10. The van der Waals surface area contributed by atoms with E-state index < -0.39 is 10.0 Å². The molecule has 0 unspecified atom stereocenters. The molecule has 0 spiro atoms. The van der Waals surface area contributed by atoms with Crippen LogP contribution in [0.25, 0.3) is 11.0 Å². The Kier molecular flexibility index (Phi) is 5.12. The molecule has 0 radical (unpaired) electrons. The van der Waals surface area contributed by atoms with Gasteiger partial charge in [0.15, 0.2) is 0 Å². The lowest BCUT2D eigenvalue weighted by atomic mass is 10.2. The minimum Gasteiger partial charge on any atom is -0.368 e. The van der Waals surface area contributed by atoms with Crippen molar-refractivity contribution in [3.05, 3.63) is 59.3 Å². The highest BCUT2D eigenvalue weighted by Gasteiger charge is 2.27. The topological polar surface area (TPSA) is 66.4 Å². The molecule has 1 aromatic carbocycles. The minimum atomic E-state index is -3.47. The highest BCUT2D eigenvalue weighted by Crippen LogP contribution is 2.27. The predicted molar refractivity (Wildman–Crippen MR) is 109 cm³/mol. The van der Waals surface area contributed by atoms with Crippen LogP contribution in [0.5, 0.6) is 0 Å². The van der Waals surface area contributed by atoms with Gasteiger partial charge in [-0.15, -0.1) is 0 Å². The van der Waals surface area contributed by atoms with Crippen molar-refractivity contribution in [3.8, 4) is 0 Å². The van der Waals surface area contributed by atoms with Crippen molar-refractivity contribution >= 4 is 42.7 Å². The van der Waals surface area contributed by atoms with Crippen LogP contribution < -0.4 is 4.90 Å². The quantitative estimate of drug-likeness (QED) is 0.617. The molecule has 6 nitrogen and oxygen atoms in total. The number of aromatic nitrogens is 2. The largest absolute Gasteiger partial charge is 0.368 e. The monoisotopic (exact) mass is 446 g/mol. The zero-order chi connectivity index (χ0) is 18.9. The molecule has 27 heavy (non-hydrogen) atoms. The van der Waals surface area contributed by atoms with E-state index in [9.17, 15) is 8.42 Å². The van der Waals surface area contributed by atoms with Gasteiger partial charge in [-0.25, -0.2) is 8.42 Å². The summed E-state index contributed by atoms with van der Waals surface area (Å²) in [5, 5.41) is 0. The molecule has 0 bridgehead atoms. The molecular weight excluding hydrogens is 428 g/mol. The van der Waals surface area contributed by atoms with E-state index in [4.69, 9.17) is 0 Å². The number of pyridine rings is 2. The van der Waals surface area contributed by atoms with Gasteiger partial charge in [-0.2, -0.15) is 4.31 Å². The molecule has 2 aromatic heterocycles. The van der Waals surface area contributed by atoms with Crippen molar-refractivity contribution < 1.29 is 8.42 Å². The van der Waals surface area contributed by atoms with Crippen LogP contribution in [0.15, 0.2) is 64.2 Å². The Hall–Kier alpha value is -2.03. The van der Waals surface area contributed by atoms with Crippen LogP contribution in [0.4, 0.5) is 5.69 Å². The molecule has 4 rings (SSSR count). The summed E-state index contributed by atoms with van der Waals surface area (Å²) in [4.78, 5) is 11.5. The highest BCUT2D eigenvalue weighted by atomic mass is 79.9. The molecule has 140 valence electrons. The van der Waals surface area contributed by atoms with Gasteiger partial charge in [0.05, 0.1) is 16.1 Å². The summed E-state index contributed by atoms with van der Waals surface area (Å²) in [6.07, 6.45) is 4.29. The number of hydrogen-bond acceptors (Lipinski definition) is 5. The van der Waals surface area contributed by atoms with Crippen molar-refractivity contribution in [2.75, 3.05) is 31.1 Å². The third-order valence-electron chi connectivity index (χ3n) is 4.70. The molecule has 1 aliphatic rings. The Labute approximate surface area is 167 Å². The lowest BCUT2D eigenvalue weighted by Gasteiger charge is -2.24. The molecule has 0 aliphatic carbocycles. The molecular formula is C19H19BrN4O2S. The van der Waals surface area contributed by atoms with E-state index in [1.807, 2.05) is 18.2 Å². The first-order valence-electron chi connectivity index (χ1n) is 8.76. The lowest BCUT2D eigenvalue weighted by Crippen LogP contribution is -2.35. The van der Waals surface area contributed by atoms with Gasteiger partial charge in [0.2, 0.25) is 10.0 Å². The van der Waals surface area contributed by atoms with Crippen molar-refractivity contribution in [1.29, 1.82) is 0 Å². The number of rotatable bonds is 3. The first-order valence-corrected chi connectivity index (χ1v) is 11.0. The van der Waals surface area contributed by atoms with E-state index in [1.54, 1.807) is 41.0 Å². The molecule has 1 fully saturated rings. The van der Waals surface area contributed by atoms with Gasteiger partial charge in [0.1, 0.15) is 5.52 Å². The smallest absolute Gasteiger partial charge is 0.243 e. The van der Waals surface area contributed by atoms with Crippen LogP contribution in [0.1, 0.15) is 6.42 Å². The third-order valence-corrected chi connectivity index (χ3v) is 7.05. The summed E-state index contributed by atoms with van der Waals surface area (Å²) in [5.74, 6) is 0. The van der Waals surface area contributed by atoms with Crippen molar-refractivity contribution in [2.24, 2.45) is 0 Å². The van der Waals surface area contributed by atoms with Gasteiger partial charge < -0.3 is 4.90 Å². The van der Waals surface area contributed by atoms with Crippen LogP contribution in [-0.4, -0.2) is 48.9 Å². The fraction of sp³-hybridized carbons (Fsp3) is 0.263. The maximum Gasteiger partial charge on any atom is 0.243 e. The zero-order valence-corrected chi connectivity index (χ0v) is 17.0. The van der Waals surface area contributed by atoms with Gasteiger partial charge >= 0.3 is 0 Å². The zero-order valence-electron chi connectivity index (χ0n) is 14.6. The van der Waals surface area contributed by atoms with Gasteiger partial charge in [-0.1, -0.05) is 18.2 Å². The molecule has 0 atom stereocenters. The number of nitrogens with zero attached hydrogens (tertiary/aromatic N) is 4. The Morgan fingerprint density at radius 2 is 1.78 bits per heavy atom. The van der Waals surface area contributed by atoms with Crippen molar-refractivity contribution in [3.63, 3.8) is 0 Å². The SMILES string of the molecule is O=S(=O)(c1ccccc1)N1CCCN(c2ccnc3cc(Br)cnc23)CC1. The van der Waals surface area contributed by atoms with Crippen LogP contribution in [0.2, 0.25) is 0 Å². The molecule has 1 saturated heterocycles. The third kappa shape index (κ3) is 3.69. The number of benzene rings is 1. The molecule has 0 N–H and O–H groups in total. The lowest BCUT2D eigenvalue weighted by molar-refractivity contribution is 0.433.